The Morgan fingerprint density at radius 1 is 1.15 bits per heavy atom. The quantitative estimate of drug-likeness (QED) is 0.873. The van der Waals surface area contributed by atoms with Gasteiger partial charge in [0.15, 0.2) is 5.82 Å². The second kappa shape index (κ2) is 5.17. The fourth-order valence-corrected chi connectivity index (χ4v) is 1.88. The van der Waals surface area contributed by atoms with Gasteiger partial charge >= 0.3 is 0 Å². The third kappa shape index (κ3) is 2.86. The van der Waals surface area contributed by atoms with E-state index in [4.69, 9.17) is 5.73 Å². The van der Waals surface area contributed by atoms with E-state index < -0.39 is 0 Å². The summed E-state index contributed by atoms with van der Waals surface area (Å²) in [6, 6.07) is 11.7. The number of aromatic nitrogens is 2. The lowest BCUT2D eigenvalue weighted by Gasteiger charge is -2.21. The Labute approximate surface area is 118 Å². The van der Waals surface area contributed by atoms with Gasteiger partial charge in [0.1, 0.15) is 11.6 Å². The predicted octanol–water partition coefficient (Wildman–Crippen LogP) is 2.97. The summed E-state index contributed by atoms with van der Waals surface area (Å²) in [5, 5.41) is 12.5. The van der Waals surface area contributed by atoms with Crippen LogP contribution in [0.25, 0.3) is 0 Å². The van der Waals surface area contributed by atoms with Gasteiger partial charge < -0.3 is 11.1 Å². The van der Waals surface area contributed by atoms with E-state index >= 15 is 0 Å². The molecule has 5 heteroatoms. The van der Waals surface area contributed by atoms with Crippen LogP contribution in [0.3, 0.4) is 0 Å². The topological polar surface area (TPSA) is 87.6 Å². The van der Waals surface area contributed by atoms with Crippen LogP contribution in [0.1, 0.15) is 32.0 Å². The molecule has 0 saturated heterocycles. The molecule has 0 saturated carbocycles. The number of para-hydroxylation sites is 1. The van der Waals surface area contributed by atoms with Crippen molar-refractivity contribution in [3.8, 4) is 6.07 Å². The van der Waals surface area contributed by atoms with E-state index in [0.29, 0.717) is 17.1 Å². The van der Waals surface area contributed by atoms with Gasteiger partial charge in [-0.1, -0.05) is 39.0 Å². The van der Waals surface area contributed by atoms with Gasteiger partial charge in [-0.25, -0.2) is 4.98 Å². The van der Waals surface area contributed by atoms with Crippen molar-refractivity contribution in [1.82, 2.24) is 9.97 Å². The maximum atomic E-state index is 9.42. The average molecular weight is 267 g/mol. The molecule has 3 N–H and O–H groups in total. The average Bonchev–Trinajstić information content (AvgIpc) is 2.38. The van der Waals surface area contributed by atoms with E-state index in [9.17, 15) is 5.26 Å². The number of hydrogen-bond acceptors (Lipinski definition) is 5. The molecule has 1 aromatic carbocycles. The molecule has 1 aromatic heterocycles. The first kappa shape index (κ1) is 13.8. The number of nitrogens with one attached hydrogen (secondary N) is 1. The van der Waals surface area contributed by atoms with E-state index in [1.807, 2.05) is 51.1 Å². The number of nitrogens with two attached hydrogens (primary N) is 1. The molecule has 0 atom stereocenters. The second-order valence-electron chi connectivity index (χ2n) is 5.51. The van der Waals surface area contributed by atoms with Crippen LogP contribution >= 0.6 is 0 Å². The summed E-state index contributed by atoms with van der Waals surface area (Å²) in [6.45, 7) is 5.96. The molecule has 0 radical (unpaired) electrons. The highest BCUT2D eigenvalue weighted by Gasteiger charge is 2.24. The van der Waals surface area contributed by atoms with Crippen LogP contribution in [0.2, 0.25) is 0 Å². The van der Waals surface area contributed by atoms with Gasteiger partial charge in [-0.15, -0.1) is 0 Å². The minimum atomic E-state index is -0.282. The van der Waals surface area contributed by atoms with Gasteiger partial charge in [-0.05, 0) is 12.1 Å². The van der Waals surface area contributed by atoms with Crippen LogP contribution < -0.4 is 11.1 Å². The lowest BCUT2D eigenvalue weighted by atomic mass is 9.89. The summed E-state index contributed by atoms with van der Waals surface area (Å²) in [5.74, 6) is 0.600. The van der Waals surface area contributed by atoms with E-state index in [2.05, 4.69) is 21.4 Å². The van der Waals surface area contributed by atoms with Crippen molar-refractivity contribution in [2.24, 2.45) is 0 Å². The van der Waals surface area contributed by atoms with E-state index in [1.54, 1.807) is 0 Å². The number of benzene rings is 1. The highest BCUT2D eigenvalue weighted by Crippen LogP contribution is 2.29. The minimum Gasteiger partial charge on any atom is -0.368 e. The van der Waals surface area contributed by atoms with Crippen molar-refractivity contribution in [2.75, 3.05) is 11.1 Å². The molecule has 0 unspecified atom stereocenters. The third-order valence-electron chi connectivity index (χ3n) is 2.79. The van der Waals surface area contributed by atoms with Gasteiger partial charge in [-0.3, -0.25) is 0 Å². The fourth-order valence-electron chi connectivity index (χ4n) is 1.88. The normalized spacial score (nSPS) is 10.9. The maximum absolute atomic E-state index is 9.42. The number of nitrogens with zero attached hydrogens (tertiary/aromatic N) is 3. The van der Waals surface area contributed by atoms with Gasteiger partial charge in [0, 0.05) is 11.1 Å². The van der Waals surface area contributed by atoms with E-state index in [-0.39, 0.29) is 11.4 Å². The van der Waals surface area contributed by atoms with Crippen LogP contribution in [0.4, 0.5) is 17.5 Å². The maximum Gasteiger partial charge on any atom is 0.222 e. The minimum absolute atomic E-state index is 0.160. The Bertz CT molecular complexity index is 650. The van der Waals surface area contributed by atoms with Crippen LogP contribution in [-0.4, -0.2) is 9.97 Å². The van der Waals surface area contributed by atoms with Crippen molar-refractivity contribution in [3.63, 3.8) is 0 Å². The smallest absolute Gasteiger partial charge is 0.222 e. The lowest BCUT2D eigenvalue weighted by Crippen LogP contribution is -2.19. The molecule has 0 amide bonds. The molecule has 0 bridgehead atoms. The van der Waals surface area contributed by atoms with Gasteiger partial charge in [0.2, 0.25) is 5.95 Å². The number of nitrogen functional groups attached to an aromatic ring is 1. The molecular weight excluding hydrogens is 250 g/mol. The van der Waals surface area contributed by atoms with Crippen molar-refractivity contribution in [1.29, 1.82) is 5.26 Å². The molecule has 20 heavy (non-hydrogen) atoms. The molecule has 0 aliphatic carbocycles. The van der Waals surface area contributed by atoms with Crippen molar-refractivity contribution in [3.05, 3.63) is 41.6 Å². The first-order valence-electron chi connectivity index (χ1n) is 6.32. The lowest BCUT2D eigenvalue weighted by molar-refractivity contribution is 0.566. The first-order valence-corrected chi connectivity index (χ1v) is 6.32. The first-order chi connectivity index (χ1) is 9.41. The molecule has 1 heterocycles. The van der Waals surface area contributed by atoms with Crippen LogP contribution in [0, 0.1) is 11.3 Å². The zero-order valence-corrected chi connectivity index (χ0v) is 11.8. The van der Waals surface area contributed by atoms with Crippen molar-refractivity contribution in [2.45, 2.75) is 26.2 Å². The number of anilines is 3. The summed E-state index contributed by atoms with van der Waals surface area (Å²) in [5.41, 5.74) is 7.40. The molecule has 0 aliphatic heterocycles. The van der Waals surface area contributed by atoms with Crippen LogP contribution in [-0.2, 0) is 5.41 Å². The van der Waals surface area contributed by atoms with Gasteiger partial charge in [0.05, 0.1) is 5.69 Å². The van der Waals surface area contributed by atoms with Gasteiger partial charge in [0.25, 0.3) is 0 Å². The highest BCUT2D eigenvalue weighted by atomic mass is 15.1. The summed E-state index contributed by atoms with van der Waals surface area (Å²) >= 11 is 0. The Hall–Kier alpha value is -2.61. The van der Waals surface area contributed by atoms with Crippen LogP contribution in [0.5, 0.6) is 0 Å². The van der Waals surface area contributed by atoms with Gasteiger partial charge in [-0.2, -0.15) is 10.2 Å². The third-order valence-corrected chi connectivity index (χ3v) is 2.79. The Morgan fingerprint density at radius 2 is 1.80 bits per heavy atom. The molecule has 0 spiro atoms. The molecule has 5 nitrogen and oxygen atoms in total. The molecule has 2 rings (SSSR count). The summed E-state index contributed by atoms with van der Waals surface area (Å²) in [7, 11) is 0. The number of nitriles is 1. The number of rotatable bonds is 2. The predicted molar refractivity (Wildman–Crippen MR) is 79.6 cm³/mol. The molecule has 0 aliphatic rings. The largest absolute Gasteiger partial charge is 0.368 e. The summed E-state index contributed by atoms with van der Waals surface area (Å²) < 4.78 is 0. The molecule has 2 aromatic rings. The standard InChI is InChI=1S/C15H17N5/c1-15(2,3)12-11(9-16)13(20-14(17)19-12)18-10-7-5-4-6-8-10/h4-8H,1-3H3,(H3,17,18,19,20). The van der Waals surface area contributed by atoms with E-state index in [1.165, 1.54) is 0 Å². The highest BCUT2D eigenvalue weighted by molar-refractivity contribution is 5.65. The molecule has 102 valence electrons. The van der Waals surface area contributed by atoms with E-state index in [0.717, 1.165) is 5.69 Å². The van der Waals surface area contributed by atoms with Crippen molar-refractivity contribution < 1.29 is 0 Å². The van der Waals surface area contributed by atoms with Crippen LogP contribution in [0.15, 0.2) is 30.3 Å². The monoisotopic (exact) mass is 267 g/mol. The Morgan fingerprint density at radius 3 is 2.35 bits per heavy atom. The summed E-state index contributed by atoms with van der Waals surface area (Å²) in [6.07, 6.45) is 0. The molecule has 0 fully saturated rings. The Kier molecular flexibility index (Phi) is 3.57. The zero-order valence-electron chi connectivity index (χ0n) is 11.8. The second-order valence-corrected chi connectivity index (χ2v) is 5.51. The van der Waals surface area contributed by atoms with Crippen molar-refractivity contribution >= 4 is 17.5 Å². The zero-order chi connectivity index (χ0) is 14.8. The fraction of sp³-hybridized carbons (Fsp3) is 0.267. The SMILES string of the molecule is CC(C)(C)c1nc(N)nc(Nc2ccccc2)c1C#N. The Balaban J connectivity index is 2.54. The summed E-state index contributed by atoms with van der Waals surface area (Å²) in [4.78, 5) is 8.37. The number of hydrogen-bond donors (Lipinski definition) is 2. The molecular formula is C15H17N5.